The molecular formula is C20H26N6O6S. The molecule has 12 nitrogen and oxygen atoms in total. The molecule has 3 aromatic rings. The Morgan fingerprint density at radius 2 is 2.09 bits per heavy atom. The van der Waals surface area contributed by atoms with Gasteiger partial charge >= 0.3 is 10.3 Å². The van der Waals surface area contributed by atoms with Gasteiger partial charge in [0.25, 0.3) is 0 Å². The highest BCUT2D eigenvalue weighted by Gasteiger charge is 2.27. The van der Waals surface area contributed by atoms with Crippen LogP contribution in [-0.2, 0) is 25.6 Å². The van der Waals surface area contributed by atoms with E-state index in [1.54, 1.807) is 0 Å². The Morgan fingerprint density at radius 3 is 2.82 bits per heavy atom. The number of benzene rings is 1. The fourth-order valence-corrected chi connectivity index (χ4v) is 4.22. The number of rotatable bonds is 10. The summed E-state index contributed by atoms with van der Waals surface area (Å²) >= 11 is 0. The molecule has 0 saturated heterocycles. The summed E-state index contributed by atoms with van der Waals surface area (Å²) in [6, 6.07) is 8.32. The van der Waals surface area contributed by atoms with Crippen molar-refractivity contribution in [3.63, 3.8) is 0 Å². The van der Waals surface area contributed by atoms with Gasteiger partial charge in [0.2, 0.25) is 0 Å². The number of aromatic nitrogens is 4. The SMILES string of the molecule is C[C@H](O)[C@@H](COS(N)(=O)=O)O[C@H](CO)n1cnc2c(N[C@H]3CCc4ccccc43)ncnc21. The van der Waals surface area contributed by atoms with E-state index in [1.807, 2.05) is 12.1 Å². The Balaban J connectivity index is 1.57. The zero-order valence-corrected chi connectivity index (χ0v) is 18.7. The third-order valence-electron chi connectivity index (χ3n) is 5.54. The van der Waals surface area contributed by atoms with Crippen LogP contribution in [0.2, 0.25) is 0 Å². The zero-order valence-electron chi connectivity index (χ0n) is 17.9. The molecular weight excluding hydrogens is 452 g/mol. The van der Waals surface area contributed by atoms with Crippen molar-refractivity contribution in [2.75, 3.05) is 18.5 Å². The number of nitrogens with two attached hydrogens (primary N) is 1. The molecule has 0 amide bonds. The number of hydrogen-bond acceptors (Lipinski definition) is 10. The summed E-state index contributed by atoms with van der Waals surface area (Å²) in [5, 5.41) is 28.2. The summed E-state index contributed by atoms with van der Waals surface area (Å²) < 4.78 is 34.0. The highest BCUT2D eigenvalue weighted by molar-refractivity contribution is 7.84. The van der Waals surface area contributed by atoms with E-state index in [4.69, 9.17) is 9.88 Å². The van der Waals surface area contributed by atoms with E-state index in [0.29, 0.717) is 17.0 Å². The molecule has 4 atom stereocenters. The Bertz CT molecular complexity index is 1220. The lowest BCUT2D eigenvalue weighted by Crippen LogP contribution is -2.36. The Morgan fingerprint density at radius 1 is 1.30 bits per heavy atom. The maximum Gasteiger partial charge on any atom is 0.333 e. The minimum Gasteiger partial charge on any atom is -0.392 e. The average Bonchev–Trinajstić information content (AvgIpc) is 3.38. The van der Waals surface area contributed by atoms with Crippen LogP contribution < -0.4 is 10.5 Å². The van der Waals surface area contributed by atoms with E-state index in [9.17, 15) is 18.6 Å². The van der Waals surface area contributed by atoms with E-state index in [-0.39, 0.29) is 6.04 Å². The number of hydrogen-bond donors (Lipinski definition) is 4. The highest BCUT2D eigenvalue weighted by Crippen LogP contribution is 2.34. The van der Waals surface area contributed by atoms with Crippen LogP contribution in [0.1, 0.15) is 36.7 Å². The number of aliphatic hydroxyl groups excluding tert-OH is 2. The van der Waals surface area contributed by atoms with Crippen molar-refractivity contribution in [3.8, 4) is 0 Å². The van der Waals surface area contributed by atoms with Gasteiger partial charge in [-0.05, 0) is 30.9 Å². The third-order valence-corrected chi connectivity index (χ3v) is 6.00. The van der Waals surface area contributed by atoms with Crippen molar-refractivity contribution in [3.05, 3.63) is 48.0 Å². The molecule has 0 radical (unpaired) electrons. The smallest absolute Gasteiger partial charge is 0.333 e. The molecule has 1 aromatic carbocycles. The van der Waals surface area contributed by atoms with Crippen LogP contribution in [0.5, 0.6) is 0 Å². The Kier molecular flexibility index (Phi) is 6.88. The molecule has 1 aliphatic carbocycles. The Hall–Kier alpha value is -2.68. The largest absolute Gasteiger partial charge is 0.392 e. The minimum absolute atomic E-state index is 0.0873. The van der Waals surface area contributed by atoms with Crippen LogP contribution >= 0.6 is 0 Å². The van der Waals surface area contributed by atoms with E-state index in [0.717, 1.165) is 12.8 Å². The van der Waals surface area contributed by atoms with Crippen molar-refractivity contribution in [2.45, 2.75) is 44.2 Å². The molecule has 2 heterocycles. The van der Waals surface area contributed by atoms with E-state index in [1.165, 1.54) is 35.3 Å². The molecule has 0 unspecified atom stereocenters. The molecule has 4 rings (SSSR count). The first kappa shape index (κ1) is 23.5. The summed E-state index contributed by atoms with van der Waals surface area (Å²) in [6.45, 7) is 0.385. The molecule has 13 heteroatoms. The molecule has 33 heavy (non-hydrogen) atoms. The summed E-state index contributed by atoms with van der Waals surface area (Å²) in [6.07, 6.45) is 1.50. The number of imidazole rings is 1. The van der Waals surface area contributed by atoms with Gasteiger partial charge in [-0.25, -0.2) is 20.1 Å². The second-order valence-corrected chi connectivity index (χ2v) is 9.03. The third kappa shape index (κ3) is 5.29. The van der Waals surface area contributed by atoms with Crippen LogP contribution in [0.4, 0.5) is 5.82 Å². The normalized spacial score (nSPS) is 18.7. The number of anilines is 1. The molecule has 0 saturated carbocycles. The van der Waals surface area contributed by atoms with Crippen LogP contribution in [0, 0.1) is 0 Å². The van der Waals surface area contributed by atoms with Crippen LogP contribution in [0.25, 0.3) is 11.2 Å². The van der Waals surface area contributed by atoms with Gasteiger partial charge in [-0.3, -0.25) is 8.75 Å². The fraction of sp³-hybridized carbons (Fsp3) is 0.450. The molecule has 5 N–H and O–H groups in total. The predicted octanol–water partition coefficient (Wildman–Crippen LogP) is 0.403. The van der Waals surface area contributed by atoms with Crippen molar-refractivity contribution in [1.29, 1.82) is 0 Å². The quantitative estimate of drug-likeness (QED) is 0.319. The highest BCUT2D eigenvalue weighted by atomic mass is 32.2. The van der Waals surface area contributed by atoms with Crippen molar-refractivity contribution in [2.24, 2.45) is 5.14 Å². The van der Waals surface area contributed by atoms with Crippen molar-refractivity contribution >= 4 is 27.3 Å². The van der Waals surface area contributed by atoms with Gasteiger partial charge in [-0.1, -0.05) is 24.3 Å². The number of aryl methyl sites for hydroxylation is 1. The lowest BCUT2D eigenvalue weighted by atomic mass is 10.1. The van der Waals surface area contributed by atoms with E-state index < -0.39 is 42.0 Å². The molecule has 178 valence electrons. The van der Waals surface area contributed by atoms with Gasteiger partial charge in [0.15, 0.2) is 23.2 Å². The van der Waals surface area contributed by atoms with Crippen molar-refractivity contribution < 1.29 is 27.6 Å². The van der Waals surface area contributed by atoms with Crippen LogP contribution in [-0.4, -0.2) is 63.6 Å². The van der Waals surface area contributed by atoms with E-state index in [2.05, 4.69) is 36.6 Å². The first-order valence-electron chi connectivity index (χ1n) is 10.4. The predicted molar refractivity (Wildman–Crippen MR) is 118 cm³/mol. The zero-order chi connectivity index (χ0) is 23.6. The molecule has 0 bridgehead atoms. The van der Waals surface area contributed by atoms with Gasteiger partial charge in [-0.15, -0.1) is 0 Å². The number of aliphatic hydroxyl groups is 2. The average molecular weight is 479 g/mol. The summed E-state index contributed by atoms with van der Waals surface area (Å²) in [7, 11) is -4.22. The molecule has 0 spiro atoms. The maximum absolute atomic E-state index is 11.1. The number of fused-ring (bicyclic) bond motifs is 2. The topological polar surface area (TPSA) is 175 Å². The van der Waals surface area contributed by atoms with Gasteiger partial charge in [-0.2, -0.15) is 8.42 Å². The van der Waals surface area contributed by atoms with Crippen molar-refractivity contribution in [1.82, 2.24) is 19.5 Å². The van der Waals surface area contributed by atoms with E-state index >= 15 is 0 Å². The summed E-state index contributed by atoms with van der Waals surface area (Å²) in [5.41, 5.74) is 3.40. The minimum atomic E-state index is -4.22. The van der Waals surface area contributed by atoms with Gasteiger partial charge < -0.3 is 20.3 Å². The summed E-state index contributed by atoms with van der Waals surface area (Å²) in [5.74, 6) is 0.543. The lowest BCUT2D eigenvalue weighted by Gasteiger charge is -2.26. The first-order chi connectivity index (χ1) is 15.8. The first-order valence-corrected chi connectivity index (χ1v) is 11.9. The second-order valence-electron chi connectivity index (χ2n) is 7.81. The monoisotopic (exact) mass is 478 g/mol. The summed E-state index contributed by atoms with van der Waals surface area (Å²) in [4.78, 5) is 13.0. The number of nitrogens with zero attached hydrogens (tertiary/aromatic N) is 4. The molecule has 0 aliphatic heterocycles. The standard InChI is InChI=1S/C20H26N6O6S/c1-12(28)16(9-31-33(21,29)30)32-17(8-27)26-11-24-18-19(22-10-23-20(18)26)25-15-7-6-13-4-2-3-5-14(13)15/h2-5,10-12,15-17,27-28H,6-9H2,1H3,(H2,21,29,30)(H,22,23,25)/t12-,15-,16+,17+/m0/s1. The maximum atomic E-state index is 11.1. The second kappa shape index (κ2) is 9.67. The fourth-order valence-electron chi connectivity index (χ4n) is 3.89. The molecule has 0 fully saturated rings. The number of ether oxygens (including phenoxy) is 1. The number of nitrogens with one attached hydrogen (secondary N) is 1. The van der Waals surface area contributed by atoms with Gasteiger partial charge in [0.05, 0.1) is 31.7 Å². The lowest BCUT2D eigenvalue weighted by molar-refractivity contribution is -0.128. The molecule has 2 aromatic heterocycles. The van der Waals surface area contributed by atoms with Gasteiger partial charge in [0.1, 0.15) is 12.4 Å². The van der Waals surface area contributed by atoms with Gasteiger partial charge in [0, 0.05) is 0 Å². The Labute approximate surface area is 190 Å². The van der Waals surface area contributed by atoms with Crippen LogP contribution in [0.3, 0.4) is 0 Å². The molecule has 1 aliphatic rings. The van der Waals surface area contributed by atoms with Crippen LogP contribution in [0.15, 0.2) is 36.9 Å².